The average molecular weight is 277 g/mol. The van der Waals surface area contributed by atoms with Crippen LogP contribution in [0, 0.1) is 0 Å². The lowest BCUT2D eigenvalue weighted by atomic mass is 9.89. The number of hydrogen-bond acceptors (Lipinski definition) is 5. The molecule has 1 heterocycles. The third kappa shape index (κ3) is 3.66. The zero-order valence-electron chi connectivity index (χ0n) is 11.2. The van der Waals surface area contributed by atoms with Gasteiger partial charge in [0.25, 0.3) is 0 Å². The van der Waals surface area contributed by atoms with Crippen LogP contribution in [0.1, 0.15) is 25.7 Å². The molecule has 1 aliphatic carbocycles. The predicted molar refractivity (Wildman–Crippen MR) is 69.2 cm³/mol. The summed E-state index contributed by atoms with van der Waals surface area (Å²) in [6.45, 7) is 2.02. The Balaban J connectivity index is 1.78. The zero-order valence-corrected chi connectivity index (χ0v) is 12.0. The van der Waals surface area contributed by atoms with Gasteiger partial charge in [-0.1, -0.05) is 0 Å². The van der Waals surface area contributed by atoms with Crippen LogP contribution in [0.3, 0.4) is 0 Å². The lowest BCUT2D eigenvalue weighted by molar-refractivity contribution is -0.183. The van der Waals surface area contributed by atoms with Crippen LogP contribution in [0.2, 0.25) is 0 Å². The predicted octanol–water partition coefficient (Wildman–Crippen LogP) is 0.648. The normalized spacial score (nSPS) is 25.1. The van der Waals surface area contributed by atoms with Crippen LogP contribution >= 0.6 is 0 Å². The van der Waals surface area contributed by atoms with Crippen LogP contribution in [0.4, 0.5) is 0 Å². The van der Waals surface area contributed by atoms with Gasteiger partial charge in [0, 0.05) is 31.7 Å². The maximum absolute atomic E-state index is 11.2. The molecule has 2 fully saturated rings. The van der Waals surface area contributed by atoms with E-state index in [0.29, 0.717) is 25.8 Å². The van der Waals surface area contributed by atoms with Crippen LogP contribution < -0.4 is 0 Å². The summed E-state index contributed by atoms with van der Waals surface area (Å²) in [5, 5.41) is 0. The van der Waals surface area contributed by atoms with Gasteiger partial charge in [0.1, 0.15) is 9.84 Å². The number of hydrogen-bond donors (Lipinski definition) is 0. The molecule has 2 aliphatic rings. The summed E-state index contributed by atoms with van der Waals surface area (Å²) in [5.74, 6) is -0.0910. The fourth-order valence-corrected chi connectivity index (χ4v) is 3.38. The van der Waals surface area contributed by atoms with E-state index in [9.17, 15) is 8.42 Å². The Bertz CT molecular complexity index is 366. The summed E-state index contributed by atoms with van der Waals surface area (Å²) in [4.78, 5) is 2.16. The van der Waals surface area contributed by atoms with Gasteiger partial charge in [0.2, 0.25) is 0 Å². The molecule has 1 aliphatic heterocycles. The highest BCUT2D eigenvalue weighted by atomic mass is 32.2. The molecular weight excluding hydrogens is 254 g/mol. The largest absolute Gasteiger partial charge is 0.348 e. The fourth-order valence-electron chi connectivity index (χ4n) is 2.76. The smallest absolute Gasteiger partial charge is 0.168 e. The second-order valence-corrected chi connectivity index (χ2v) is 7.71. The molecule has 106 valence electrons. The molecule has 18 heavy (non-hydrogen) atoms. The number of rotatable bonds is 4. The van der Waals surface area contributed by atoms with Crippen molar-refractivity contribution in [3.63, 3.8) is 0 Å². The molecule has 0 bridgehead atoms. The minimum Gasteiger partial charge on any atom is -0.348 e. The molecule has 0 amide bonds. The number of nitrogens with zero attached hydrogens (tertiary/aromatic N) is 1. The monoisotopic (exact) mass is 277 g/mol. The summed E-state index contributed by atoms with van der Waals surface area (Å²) < 4.78 is 33.7. The summed E-state index contributed by atoms with van der Waals surface area (Å²) in [5.41, 5.74) is 0. The maximum atomic E-state index is 11.2. The summed E-state index contributed by atoms with van der Waals surface area (Å²) >= 11 is 0. The highest BCUT2D eigenvalue weighted by Gasteiger charge is 2.40. The van der Waals surface area contributed by atoms with E-state index in [4.69, 9.17) is 9.47 Å². The molecule has 0 aromatic rings. The molecule has 0 aromatic carbocycles. The Labute approximate surface area is 109 Å². The molecular formula is C12H23NO4S. The van der Waals surface area contributed by atoms with Gasteiger partial charge in [-0.3, -0.25) is 0 Å². The molecule has 5 nitrogen and oxygen atoms in total. The Morgan fingerprint density at radius 3 is 2.28 bits per heavy atom. The number of sulfone groups is 1. The van der Waals surface area contributed by atoms with Crippen molar-refractivity contribution in [3.05, 3.63) is 0 Å². The summed E-state index contributed by atoms with van der Waals surface area (Å²) in [6, 6.07) is 0.449. The molecule has 1 saturated carbocycles. The maximum Gasteiger partial charge on any atom is 0.168 e. The van der Waals surface area contributed by atoms with Crippen molar-refractivity contribution in [3.8, 4) is 0 Å². The Morgan fingerprint density at radius 1 is 1.22 bits per heavy atom. The van der Waals surface area contributed by atoms with E-state index in [-0.39, 0.29) is 11.5 Å². The van der Waals surface area contributed by atoms with Crippen molar-refractivity contribution in [2.45, 2.75) is 37.5 Å². The van der Waals surface area contributed by atoms with Gasteiger partial charge in [0.05, 0.1) is 19.0 Å². The Hall–Kier alpha value is -0.170. The first-order valence-corrected chi connectivity index (χ1v) is 8.62. The lowest BCUT2D eigenvalue weighted by Gasteiger charge is -2.39. The first-order chi connectivity index (χ1) is 8.40. The van der Waals surface area contributed by atoms with Gasteiger partial charge in [-0.05, 0) is 19.9 Å². The zero-order chi connectivity index (χ0) is 13.2. The molecule has 0 atom stereocenters. The standard InChI is InChI=1S/C12H23NO4S/c1-13(7-10-18(2,14)15)11-3-5-12(6-4-11)16-8-9-17-12/h11H,3-10H2,1-2H3. The molecule has 6 heteroatoms. The van der Waals surface area contributed by atoms with Gasteiger partial charge in [-0.2, -0.15) is 0 Å². The van der Waals surface area contributed by atoms with Crippen molar-refractivity contribution in [1.82, 2.24) is 4.90 Å². The second-order valence-electron chi connectivity index (χ2n) is 5.45. The van der Waals surface area contributed by atoms with Crippen LogP contribution in [0.5, 0.6) is 0 Å². The third-order valence-electron chi connectivity index (χ3n) is 3.97. The fraction of sp³-hybridized carbons (Fsp3) is 1.00. The van der Waals surface area contributed by atoms with E-state index < -0.39 is 9.84 Å². The van der Waals surface area contributed by atoms with Gasteiger partial charge in [-0.15, -0.1) is 0 Å². The molecule has 2 rings (SSSR count). The van der Waals surface area contributed by atoms with Crippen molar-refractivity contribution < 1.29 is 17.9 Å². The van der Waals surface area contributed by atoms with Crippen LogP contribution in [-0.4, -0.2) is 64.0 Å². The van der Waals surface area contributed by atoms with E-state index in [0.717, 1.165) is 25.7 Å². The van der Waals surface area contributed by atoms with Crippen molar-refractivity contribution in [1.29, 1.82) is 0 Å². The number of ether oxygens (including phenoxy) is 2. The van der Waals surface area contributed by atoms with Crippen molar-refractivity contribution in [2.75, 3.05) is 38.8 Å². The van der Waals surface area contributed by atoms with E-state index in [1.54, 1.807) is 0 Å². The van der Waals surface area contributed by atoms with Crippen LogP contribution in [0.25, 0.3) is 0 Å². The minimum atomic E-state index is -2.87. The average Bonchev–Trinajstić information content (AvgIpc) is 2.75. The summed E-state index contributed by atoms with van der Waals surface area (Å²) in [6.07, 6.45) is 5.15. The molecule has 0 unspecified atom stereocenters. The van der Waals surface area contributed by atoms with Crippen molar-refractivity contribution in [2.24, 2.45) is 0 Å². The molecule has 1 spiro atoms. The molecule has 0 N–H and O–H groups in total. The van der Waals surface area contributed by atoms with E-state index >= 15 is 0 Å². The van der Waals surface area contributed by atoms with E-state index in [1.165, 1.54) is 6.26 Å². The first kappa shape index (κ1) is 14.2. The highest BCUT2D eigenvalue weighted by molar-refractivity contribution is 7.90. The van der Waals surface area contributed by atoms with Gasteiger partial charge in [0.15, 0.2) is 5.79 Å². The van der Waals surface area contributed by atoms with Gasteiger partial charge in [-0.25, -0.2) is 8.42 Å². The molecule has 0 radical (unpaired) electrons. The van der Waals surface area contributed by atoms with Gasteiger partial charge >= 0.3 is 0 Å². The van der Waals surface area contributed by atoms with E-state index in [2.05, 4.69) is 4.90 Å². The van der Waals surface area contributed by atoms with Gasteiger partial charge < -0.3 is 14.4 Å². The molecule has 1 saturated heterocycles. The Kier molecular flexibility index (Phi) is 4.31. The first-order valence-electron chi connectivity index (χ1n) is 6.56. The third-order valence-corrected chi connectivity index (χ3v) is 4.89. The topological polar surface area (TPSA) is 55.8 Å². The quantitative estimate of drug-likeness (QED) is 0.755. The van der Waals surface area contributed by atoms with Crippen LogP contribution in [0.15, 0.2) is 0 Å². The highest BCUT2D eigenvalue weighted by Crippen LogP contribution is 2.36. The summed E-state index contributed by atoms with van der Waals surface area (Å²) in [7, 11) is -0.867. The lowest BCUT2D eigenvalue weighted by Crippen LogP contribution is -2.43. The molecule has 0 aromatic heterocycles. The second kappa shape index (κ2) is 5.45. The van der Waals surface area contributed by atoms with Crippen molar-refractivity contribution >= 4 is 9.84 Å². The minimum absolute atomic E-state index is 0.234. The Morgan fingerprint density at radius 2 is 1.78 bits per heavy atom. The van der Waals surface area contributed by atoms with Crippen LogP contribution in [-0.2, 0) is 19.3 Å². The SMILES string of the molecule is CN(CCS(C)(=O)=O)C1CCC2(CC1)OCCO2. The van der Waals surface area contributed by atoms with E-state index in [1.807, 2.05) is 7.05 Å².